The molecule has 0 radical (unpaired) electrons. The summed E-state index contributed by atoms with van der Waals surface area (Å²) in [6.07, 6.45) is 8.19. The highest BCUT2D eigenvalue weighted by molar-refractivity contribution is 8.16. The van der Waals surface area contributed by atoms with Crippen molar-refractivity contribution < 1.29 is 9.53 Å². The third-order valence-electron chi connectivity index (χ3n) is 5.69. The summed E-state index contributed by atoms with van der Waals surface area (Å²) >= 11 is 0. The number of allylic oxidation sites excluding steroid dienone is 4. The number of carbonyl (C=O) groups excluding carboxylic acids is 1. The first-order valence-corrected chi connectivity index (χ1v) is 11.8. The Bertz CT molecular complexity index is 1230. The van der Waals surface area contributed by atoms with Gasteiger partial charge in [-0.2, -0.15) is 0 Å². The van der Waals surface area contributed by atoms with Crippen LogP contribution in [0.3, 0.4) is 0 Å². The Morgan fingerprint density at radius 3 is 2.35 bits per heavy atom. The second-order valence-corrected chi connectivity index (χ2v) is 10.1. The second kappa shape index (κ2) is 8.16. The summed E-state index contributed by atoms with van der Waals surface area (Å²) in [5, 5.41) is 0. The van der Waals surface area contributed by atoms with E-state index in [0.29, 0.717) is 5.92 Å². The van der Waals surface area contributed by atoms with E-state index in [1.54, 1.807) is 0 Å². The minimum atomic E-state index is -0.294. The fourth-order valence-electron chi connectivity index (χ4n) is 4.04. The van der Waals surface area contributed by atoms with Gasteiger partial charge in [-0.1, -0.05) is 62.4 Å². The fraction of sp³-hybridized carbons (Fsp3) is 0.143. The van der Waals surface area contributed by atoms with Gasteiger partial charge in [0.2, 0.25) is 0 Å². The van der Waals surface area contributed by atoms with Gasteiger partial charge in [-0.15, -0.1) is 10.5 Å². The Morgan fingerprint density at radius 1 is 0.871 bits per heavy atom. The average Bonchev–Trinajstić information content (AvgIpc) is 2.81. The lowest BCUT2D eigenvalue weighted by atomic mass is 9.89. The normalized spacial score (nSPS) is 19.3. The average molecular weight is 425 g/mol. The number of hydrogen-bond acceptors (Lipinski definition) is 2. The highest BCUT2D eigenvalue weighted by Gasteiger charge is 2.33. The lowest BCUT2D eigenvalue weighted by molar-refractivity contribution is 0.0969. The van der Waals surface area contributed by atoms with Crippen molar-refractivity contribution in [2.75, 3.05) is 0 Å². The van der Waals surface area contributed by atoms with Gasteiger partial charge in [-0.3, -0.25) is 4.79 Å². The van der Waals surface area contributed by atoms with E-state index in [4.69, 9.17) is 4.74 Å². The van der Waals surface area contributed by atoms with Crippen molar-refractivity contribution in [2.45, 2.75) is 29.6 Å². The number of rotatable bonds is 4. The summed E-state index contributed by atoms with van der Waals surface area (Å²) in [5.74, 6) is 2.05. The van der Waals surface area contributed by atoms with E-state index in [0.717, 1.165) is 22.0 Å². The summed E-state index contributed by atoms with van der Waals surface area (Å²) in [7, 11) is -0.294. The number of para-hydroxylation sites is 1. The van der Waals surface area contributed by atoms with Crippen molar-refractivity contribution in [3.63, 3.8) is 0 Å². The first-order valence-electron chi connectivity index (χ1n) is 10.6. The summed E-state index contributed by atoms with van der Waals surface area (Å²) in [6, 6.07) is 24.6. The number of hydrogen-bond donors (Lipinski definition) is 0. The number of ketones is 1. The zero-order valence-electron chi connectivity index (χ0n) is 17.6. The first-order chi connectivity index (χ1) is 15.1. The second-order valence-electron chi connectivity index (χ2n) is 8.09. The van der Waals surface area contributed by atoms with Gasteiger partial charge >= 0.3 is 0 Å². The van der Waals surface area contributed by atoms with Gasteiger partial charge < -0.3 is 4.74 Å². The molecule has 0 spiro atoms. The largest absolute Gasteiger partial charge is 0.457 e. The number of Topliss-reactive ketones (excluding diaryl/α,β-unsaturated/α-hetero) is 1. The van der Waals surface area contributed by atoms with Gasteiger partial charge in [0.15, 0.2) is 5.78 Å². The molecule has 0 fully saturated rings. The van der Waals surface area contributed by atoms with Crippen molar-refractivity contribution in [3.05, 3.63) is 108 Å². The third-order valence-corrected chi connectivity index (χ3v) is 8.09. The van der Waals surface area contributed by atoms with E-state index in [1.807, 2.05) is 60.7 Å². The Kier molecular flexibility index (Phi) is 5.21. The van der Waals surface area contributed by atoms with Crippen LogP contribution in [-0.4, -0.2) is 10.6 Å². The number of benzene rings is 3. The van der Waals surface area contributed by atoms with Crippen LogP contribution < -0.4 is 4.74 Å². The standard InChI is InChI=1S/C28H24O2S/c1-19(2)20-12-17-27-25(18-20)28(29)24-10-6-7-11-26(24)31(27)23-15-13-22(14-16-23)30-21-8-4-3-5-9-21/h3-19,24H,1-2H3. The highest BCUT2D eigenvalue weighted by atomic mass is 32.2. The molecule has 2 nitrogen and oxygen atoms in total. The van der Waals surface area contributed by atoms with Gasteiger partial charge in [-0.25, -0.2) is 0 Å². The highest BCUT2D eigenvalue weighted by Crippen LogP contribution is 2.47. The van der Waals surface area contributed by atoms with Gasteiger partial charge in [0.1, 0.15) is 11.5 Å². The topological polar surface area (TPSA) is 26.3 Å². The lowest BCUT2D eigenvalue weighted by Gasteiger charge is -2.29. The Labute approximate surface area is 185 Å². The van der Waals surface area contributed by atoms with Crippen LogP contribution in [0.2, 0.25) is 0 Å². The summed E-state index contributed by atoms with van der Waals surface area (Å²) in [6.45, 7) is 4.34. The van der Waals surface area contributed by atoms with E-state index in [9.17, 15) is 4.79 Å². The quantitative estimate of drug-likeness (QED) is 0.408. The third kappa shape index (κ3) is 3.70. The van der Waals surface area contributed by atoms with Crippen LogP contribution in [0.15, 0.2) is 107 Å². The van der Waals surface area contributed by atoms with Crippen molar-refractivity contribution >= 4 is 21.1 Å². The summed E-state index contributed by atoms with van der Waals surface area (Å²) in [4.78, 5) is 16.8. The number of carbonyl (C=O) groups is 1. The number of fused-ring (bicyclic) bond motifs is 2. The van der Waals surface area contributed by atoms with E-state index in [1.165, 1.54) is 15.3 Å². The molecule has 0 saturated heterocycles. The van der Waals surface area contributed by atoms with Crippen LogP contribution in [-0.2, 0) is 0 Å². The predicted molar refractivity (Wildman–Crippen MR) is 129 cm³/mol. The molecule has 0 N–H and O–H groups in total. The van der Waals surface area contributed by atoms with E-state index in [-0.39, 0.29) is 22.2 Å². The first kappa shape index (κ1) is 19.8. The van der Waals surface area contributed by atoms with E-state index in [2.05, 4.69) is 50.3 Å². The van der Waals surface area contributed by atoms with Crippen molar-refractivity contribution in [1.29, 1.82) is 0 Å². The van der Waals surface area contributed by atoms with Crippen LogP contribution in [0.25, 0.3) is 0 Å². The predicted octanol–water partition coefficient (Wildman–Crippen LogP) is 7.40. The molecule has 0 saturated carbocycles. The van der Waals surface area contributed by atoms with Crippen LogP contribution in [0.5, 0.6) is 11.5 Å². The molecule has 3 aromatic rings. The van der Waals surface area contributed by atoms with E-state index >= 15 is 0 Å². The zero-order valence-corrected chi connectivity index (χ0v) is 18.4. The summed E-state index contributed by atoms with van der Waals surface area (Å²) in [5.41, 5.74) is 2.08. The van der Waals surface area contributed by atoms with Gasteiger partial charge in [0, 0.05) is 15.4 Å². The summed E-state index contributed by atoms with van der Waals surface area (Å²) < 4.78 is 5.97. The molecule has 1 aliphatic carbocycles. The molecule has 3 heteroatoms. The molecule has 1 aliphatic heterocycles. The molecular weight excluding hydrogens is 400 g/mol. The Morgan fingerprint density at radius 2 is 1.61 bits per heavy atom. The fourth-order valence-corrected chi connectivity index (χ4v) is 6.47. The van der Waals surface area contributed by atoms with Crippen LogP contribution in [0, 0.1) is 5.92 Å². The number of ether oxygens (including phenoxy) is 1. The molecule has 3 aromatic carbocycles. The molecule has 1 heterocycles. The van der Waals surface area contributed by atoms with Crippen molar-refractivity contribution in [1.82, 2.24) is 0 Å². The molecule has 2 atom stereocenters. The van der Waals surface area contributed by atoms with Gasteiger partial charge in [0.25, 0.3) is 0 Å². The van der Waals surface area contributed by atoms with Crippen molar-refractivity contribution in [2.24, 2.45) is 5.92 Å². The van der Waals surface area contributed by atoms with E-state index < -0.39 is 0 Å². The van der Waals surface area contributed by atoms with Gasteiger partial charge in [-0.05, 0) is 64.9 Å². The monoisotopic (exact) mass is 424 g/mol. The molecule has 31 heavy (non-hydrogen) atoms. The molecule has 5 rings (SSSR count). The Balaban J connectivity index is 1.59. The maximum atomic E-state index is 13.3. The minimum absolute atomic E-state index is 0.177. The molecular formula is C28H24O2S. The molecule has 0 aromatic heterocycles. The molecule has 2 aliphatic rings. The minimum Gasteiger partial charge on any atom is -0.457 e. The SMILES string of the molecule is CC(C)c1ccc2c(c1)C(=O)C1C=CC=CC1=S2c1ccc(Oc2ccccc2)cc1. The lowest BCUT2D eigenvalue weighted by Crippen LogP contribution is -2.27. The van der Waals surface area contributed by atoms with Crippen molar-refractivity contribution in [3.8, 4) is 11.5 Å². The molecule has 0 amide bonds. The van der Waals surface area contributed by atoms with Crippen LogP contribution in [0.1, 0.15) is 35.7 Å². The smallest absolute Gasteiger partial charge is 0.175 e. The van der Waals surface area contributed by atoms with Crippen LogP contribution >= 0.6 is 10.5 Å². The maximum Gasteiger partial charge on any atom is 0.175 e. The Hall–Kier alpha value is -3.17. The molecule has 2 unspecified atom stereocenters. The molecule has 0 bridgehead atoms. The van der Waals surface area contributed by atoms with Gasteiger partial charge in [0.05, 0.1) is 5.92 Å². The maximum absolute atomic E-state index is 13.3. The molecule has 154 valence electrons. The zero-order chi connectivity index (χ0) is 21.4. The van der Waals surface area contributed by atoms with Crippen LogP contribution in [0.4, 0.5) is 0 Å².